The third-order valence-electron chi connectivity index (χ3n) is 5.20. The highest BCUT2D eigenvalue weighted by Crippen LogP contribution is 2.37. The van der Waals surface area contributed by atoms with E-state index in [1.807, 2.05) is 6.92 Å². The van der Waals surface area contributed by atoms with Gasteiger partial charge in [-0.2, -0.15) is 0 Å². The maximum atomic E-state index is 12.5. The molecule has 1 aliphatic carbocycles. The molecule has 2 rings (SSSR count). The summed E-state index contributed by atoms with van der Waals surface area (Å²) in [6, 6.07) is 0. The van der Waals surface area contributed by atoms with Gasteiger partial charge in [0, 0.05) is 11.1 Å². The van der Waals surface area contributed by atoms with E-state index in [-0.39, 0.29) is 11.1 Å². The first-order valence-electron chi connectivity index (χ1n) is 10.2. The second-order valence-electron chi connectivity index (χ2n) is 8.74. The number of hydrogen-bond donors (Lipinski definition) is 1. The molecule has 0 bridgehead atoms. The van der Waals surface area contributed by atoms with Crippen molar-refractivity contribution in [2.24, 2.45) is 11.8 Å². The number of hydrogen-bond acceptors (Lipinski definition) is 8. The molecule has 4 atom stereocenters. The van der Waals surface area contributed by atoms with Gasteiger partial charge in [0.2, 0.25) is 0 Å². The third kappa shape index (κ3) is 5.70. The van der Waals surface area contributed by atoms with Crippen molar-refractivity contribution in [1.29, 1.82) is 0 Å². The Labute approximate surface area is 181 Å². The first kappa shape index (κ1) is 24.5. The van der Waals surface area contributed by atoms with Gasteiger partial charge < -0.3 is 19.3 Å². The van der Waals surface area contributed by atoms with Crippen molar-refractivity contribution in [3.63, 3.8) is 0 Å². The maximum absolute atomic E-state index is 12.5. The van der Waals surface area contributed by atoms with Crippen LogP contribution in [0.3, 0.4) is 0 Å². The van der Waals surface area contributed by atoms with Crippen molar-refractivity contribution in [3.05, 3.63) is 35.5 Å². The predicted octanol–water partition coefficient (Wildman–Crippen LogP) is 2.20. The minimum Gasteiger partial charge on any atom is -0.457 e. The van der Waals surface area contributed by atoms with Crippen molar-refractivity contribution in [3.8, 4) is 0 Å². The summed E-state index contributed by atoms with van der Waals surface area (Å²) in [5.74, 6) is -3.68. The smallest absolute Gasteiger partial charge is 0.338 e. The Hall–Kier alpha value is -2.74. The van der Waals surface area contributed by atoms with Gasteiger partial charge in [-0.15, -0.1) is 0 Å². The lowest BCUT2D eigenvalue weighted by molar-refractivity contribution is -0.181. The number of aliphatic hydroxyl groups is 1. The van der Waals surface area contributed by atoms with Gasteiger partial charge in [-0.05, 0) is 39.7 Å². The van der Waals surface area contributed by atoms with Crippen LogP contribution in [0.5, 0.6) is 0 Å². The maximum Gasteiger partial charge on any atom is 0.338 e. The van der Waals surface area contributed by atoms with Crippen molar-refractivity contribution in [2.45, 2.75) is 71.4 Å². The number of allylic oxidation sites excluding steroid dienone is 2. The highest BCUT2D eigenvalue weighted by molar-refractivity contribution is 5.91. The Balaban J connectivity index is 2.65. The monoisotopic (exact) mass is 434 g/mol. The van der Waals surface area contributed by atoms with E-state index in [9.17, 15) is 24.3 Å². The summed E-state index contributed by atoms with van der Waals surface area (Å²) in [6.45, 7) is 11.4. The predicted molar refractivity (Wildman–Crippen MR) is 111 cm³/mol. The van der Waals surface area contributed by atoms with E-state index in [0.717, 1.165) is 5.57 Å². The molecule has 1 fully saturated rings. The molecule has 1 saturated heterocycles. The average molecular weight is 434 g/mol. The Kier molecular flexibility index (Phi) is 7.59. The minimum atomic E-state index is -1.86. The van der Waals surface area contributed by atoms with Crippen LogP contribution in [0.15, 0.2) is 35.5 Å². The molecule has 0 aromatic heterocycles. The molecular formula is C23H30O8. The van der Waals surface area contributed by atoms with E-state index in [2.05, 4.69) is 6.58 Å². The standard InChI is InChI=1S/C23H30O8/c1-12(2)20(25)30-19-17-14(4)21(26)29-16(17)10-13(3)8-7-9-15(11-24)18(19)31-22(27)23(5,6)28/h9-12,16-19,28H,4,7-8H2,1-3,5-6H3/b13-10+,15-9-. The van der Waals surface area contributed by atoms with Crippen molar-refractivity contribution >= 4 is 24.2 Å². The first-order valence-corrected chi connectivity index (χ1v) is 10.2. The van der Waals surface area contributed by atoms with E-state index < -0.39 is 53.7 Å². The number of carbonyl (C=O) groups excluding carboxylic acids is 4. The van der Waals surface area contributed by atoms with Crippen LogP contribution in [0.1, 0.15) is 47.5 Å². The van der Waals surface area contributed by atoms with Crippen LogP contribution in [-0.2, 0) is 33.4 Å². The number of fused-ring (bicyclic) bond motifs is 1. The van der Waals surface area contributed by atoms with E-state index >= 15 is 0 Å². The quantitative estimate of drug-likeness (QED) is 0.230. The van der Waals surface area contributed by atoms with Crippen LogP contribution < -0.4 is 0 Å². The second-order valence-corrected chi connectivity index (χ2v) is 8.74. The highest BCUT2D eigenvalue weighted by Gasteiger charge is 2.50. The summed E-state index contributed by atoms with van der Waals surface area (Å²) in [6.07, 6.45) is 1.48. The second kappa shape index (κ2) is 9.60. The van der Waals surface area contributed by atoms with Crippen LogP contribution in [0.4, 0.5) is 0 Å². The summed E-state index contributed by atoms with van der Waals surface area (Å²) in [7, 11) is 0. The molecule has 8 nitrogen and oxygen atoms in total. The van der Waals surface area contributed by atoms with E-state index in [1.54, 1.807) is 26.0 Å². The molecule has 1 N–H and O–H groups in total. The van der Waals surface area contributed by atoms with Gasteiger partial charge in [0.1, 0.15) is 12.4 Å². The fraction of sp³-hybridized carbons (Fsp3) is 0.565. The van der Waals surface area contributed by atoms with Gasteiger partial charge in [0.15, 0.2) is 17.8 Å². The molecule has 0 saturated carbocycles. The molecule has 1 aliphatic heterocycles. The fourth-order valence-electron chi connectivity index (χ4n) is 3.37. The number of carbonyl (C=O) groups is 4. The summed E-state index contributed by atoms with van der Waals surface area (Å²) in [4.78, 5) is 49.3. The molecule has 0 aromatic rings. The third-order valence-corrected chi connectivity index (χ3v) is 5.20. The van der Waals surface area contributed by atoms with Gasteiger partial charge in [-0.25, -0.2) is 9.59 Å². The minimum absolute atomic E-state index is 0.0470. The Morgan fingerprint density at radius 3 is 2.52 bits per heavy atom. The molecule has 0 spiro atoms. The zero-order valence-corrected chi connectivity index (χ0v) is 18.5. The van der Waals surface area contributed by atoms with E-state index in [4.69, 9.17) is 14.2 Å². The van der Waals surface area contributed by atoms with Gasteiger partial charge in [-0.1, -0.05) is 32.1 Å². The SMILES string of the molecule is C=C1C(=O)OC2/C=C(\C)CC/C=C(/C=O)C(OC(=O)C(C)(C)O)C(OC(=O)C(C)C)C12. The van der Waals surface area contributed by atoms with Crippen molar-refractivity contribution in [1.82, 2.24) is 0 Å². The Bertz CT molecular complexity index is 827. The molecular weight excluding hydrogens is 404 g/mol. The largest absolute Gasteiger partial charge is 0.457 e. The highest BCUT2D eigenvalue weighted by atomic mass is 16.6. The zero-order valence-electron chi connectivity index (χ0n) is 18.5. The molecule has 1 heterocycles. The van der Waals surface area contributed by atoms with Gasteiger partial charge in [0.05, 0.1) is 11.8 Å². The van der Waals surface area contributed by atoms with Crippen molar-refractivity contribution < 1.29 is 38.5 Å². The lowest BCUT2D eigenvalue weighted by atomic mass is 9.83. The van der Waals surface area contributed by atoms with Gasteiger partial charge in [0.25, 0.3) is 0 Å². The molecule has 0 radical (unpaired) electrons. The number of esters is 3. The van der Waals surface area contributed by atoms with Crippen molar-refractivity contribution in [2.75, 3.05) is 0 Å². The summed E-state index contributed by atoms with van der Waals surface area (Å²) in [5.41, 5.74) is -0.824. The average Bonchev–Trinajstić information content (AvgIpc) is 2.93. The molecule has 0 amide bonds. The summed E-state index contributed by atoms with van der Waals surface area (Å²) in [5, 5.41) is 10.1. The van der Waals surface area contributed by atoms with Gasteiger partial charge >= 0.3 is 17.9 Å². The fourth-order valence-corrected chi connectivity index (χ4v) is 3.37. The normalized spacial score (nSPS) is 30.3. The zero-order chi connectivity index (χ0) is 23.5. The Morgan fingerprint density at radius 2 is 1.97 bits per heavy atom. The molecule has 4 unspecified atom stereocenters. The van der Waals surface area contributed by atoms with Crippen LogP contribution in [0, 0.1) is 11.8 Å². The first-order chi connectivity index (χ1) is 14.4. The number of rotatable bonds is 5. The number of ether oxygens (including phenoxy) is 3. The lowest BCUT2D eigenvalue weighted by Gasteiger charge is -2.34. The summed E-state index contributed by atoms with van der Waals surface area (Å²) < 4.78 is 16.6. The van der Waals surface area contributed by atoms with E-state index in [1.165, 1.54) is 13.8 Å². The van der Waals surface area contributed by atoms with Crippen LogP contribution >= 0.6 is 0 Å². The number of aldehydes is 1. The van der Waals surface area contributed by atoms with Gasteiger partial charge in [-0.3, -0.25) is 9.59 Å². The summed E-state index contributed by atoms with van der Waals surface area (Å²) >= 11 is 0. The molecule has 8 heteroatoms. The molecule has 31 heavy (non-hydrogen) atoms. The lowest BCUT2D eigenvalue weighted by Crippen LogP contribution is -2.48. The molecule has 170 valence electrons. The van der Waals surface area contributed by atoms with E-state index in [0.29, 0.717) is 19.1 Å². The molecule has 2 aliphatic rings. The molecule has 0 aromatic carbocycles. The Morgan fingerprint density at radius 1 is 1.32 bits per heavy atom. The topological polar surface area (TPSA) is 116 Å². The van der Waals surface area contributed by atoms with Crippen LogP contribution in [0.2, 0.25) is 0 Å². The van der Waals surface area contributed by atoms with Crippen LogP contribution in [-0.4, -0.2) is 53.2 Å². The van der Waals surface area contributed by atoms with Crippen LogP contribution in [0.25, 0.3) is 0 Å².